The van der Waals surface area contributed by atoms with Crippen molar-refractivity contribution in [2.75, 3.05) is 0 Å². The molecule has 0 bridgehead atoms. The zero-order valence-electron chi connectivity index (χ0n) is 11.9. The number of hydrogen-bond donors (Lipinski definition) is 1. The van der Waals surface area contributed by atoms with Crippen molar-refractivity contribution in [1.29, 1.82) is 5.26 Å². The quantitative estimate of drug-likeness (QED) is 0.819. The highest BCUT2D eigenvalue weighted by atomic mass is 16.6. The third-order valence-corrected chi connectivity index (χ3v) is 3.52. The second-order valence-corrected chi connectivity index (χ2v) is 6.19. The number of carbonyl (C=O) groups is 1. The molecule has 1 amide bonds. The van der Waals surface area contributed by atoms with Crippen LogP contribution < -0.4 is 5.32 Å². The van der Waals surface area contributed by atoms with Gasteiger partial charge in [0.2, 0.25) is 0 Å². The maximum atomic E-state index is 11.9. The van der Waals surface area contributed by atoms with Gasteiger partial charge in [0, 0.05) is 0 Å². The second-order valence-electron chi connectivity index (χ2n) is 6.19. The molecule has 1 fully saturated rings. The fraction of sp³-hybridized carbons (Fsp3) is 0.857. The Morgan fingerprint density at radius 2 is 1.89 bits per heavy atom. The van der Waals surface area contributed by atoms with E-state index in [9.17, 15) is 4.79 Å². The molecule has 1 N–H and O–H groups in total. The Bertz CT molecular complexity index is 333. The SMILES string of the molecule is CC(C#N)C1(NC(=O)OC(C)(C)C)CCCCC1. The number of amides is 1. The molecule has 0 heterocycles. The average molecular weight is 252 g/mol. The minimum absolute atomic E-state index is 0.190. The van der Waals surface area contributed by atoms with Gasteiger partial charge in [-0.15, -0.1) is 0 Å². The Morgan fingerprint density at radius 1 is 1.33 bits per heavy atom. The van der Waals surface area contributed by atoms with Crippen LogP contribution in [0.1, 0.15) is 59.8 Å². The highest BCUT2D eigenvalue weighted by Crippen LogP contribution is 2.34. The minimum Gasteiger partial charge on any atom is -0.444 e. The van der Waals surface area contributed by atoms with E-state index in [0.717, 1.165) is 25.7 Å². The largest absolute Gasteiger partial charge is 0.444 e. The summed E-state index contributed by atoms with van der Waals surface area (Å²) in [6, 6.07) is 2.27. The Labute approximate surface area is 110 Å². The first-order valence-corrected chi connectivity index (χ1v) is 6.70. The Morgan fingerprint density at radius 3 is 2.33 bits per heavy atom. The molecule has 1 saturated carbocycles. The predicted molar refractivity (Wildman–Crippen MR) is 70.0 cm³/mol. The molecule has 0 saturated heterocycles. The molecular weight excluding hydrogens is 228 g/mol. The Kier molecular flexibility index (Phi) is 4.61. The maximum absolute atomic E-state index is 11.9. The first-order valence-electron chi connectivity index (χ1n) is 6.70. The van der Waals surface area contributed by atoms with E-state index >= 15 is 0 Å². The highest BCUT2D eigenvalue weighted by molar-refractivity contribution is 5.69. The molecule has 0 aromatic heterocycles. The lowest BCUT2D eigenvalue weighted by molar-refractivity contribution is 0.0390. The van der Waals surface area contributed by atoms with E-state index in [1.54, 1.807) is 0 Å². The summed E-state index contributed by atoms with van der Waals surface area (Å²) in [5.41, 5.74) is -0.912. The summed E-state index contributed by atoms with van der Waals surface area (Å²) < 4.78 is 5.30. The first kappa shape index (κ1) is 14.8. The van der Waals surface area contributed by atoms with Crippen molar-refractivity contribution in [1.82, 2.24) is 5.32 Å². The molecule has 1 aliphatic rings. The van der Waals surface area contributed by atoms with Crippen LogP contribution in [-0.4, -0.2) is 17.2 Å². The van der Waals surface area contributed by atoms with Gasteiger partial charge >= 0.3 is 6.09 Å². The van der Waals surface area contributed by atoms with Gasteiger partial charge in [-0.1, -0.05) is 19.3 Å². The van der Waals surface area contributed by atoms with E-state index in [0.29, 0.717) is 0 Å². The molecule has 4 nitrogen and oxygen atoms in total. The number of rotatable bonds is 2. The van der Waals surface area contributed by atoms with Gasteiger partial charge in [0.1, 0.15) is 5.60 Å². The number of hydrogen-bond acceptors (Lipinski definition) is 3. The number of nitriles is 1. The van der Waals surface area contributed by atoms with Crippen LogP contribution in [0.25, 0.3) is 0 Å². The van der Waals surface area contributed by atoms with Crippen molar-refractivity contribution >= 4 is 6.09 Å². The molecule has 0 aromatic carbocycles. The van der Waals surface area contributed by atoms with E-state index in [-0.39, 0.29) is 5.92 Å². The molecule has 1 aliphatic carbocycles. The molecule has 1 rings (SSSR count). The third kappa shape index (κ3) is 3.90. The van der Waals surface area contributed by atoms with E-state index in [2.05, 4.69) is 11.4 Å². The third-order valence-electron chi connectivity index (χ3n) is 3.52. The fourth-order valence-corrected chi connectivity index (χ4v) is 2.48. The van der Waals surface area contributed by atoms with Gasteiger partial charge in [0.25, 0.3) is 0 Å². The monoisotopic (exact) mass is 252 g/mol. The normalized spacial score (nSPS) is 20.6. The predicted octanol–water partition coefficient (Wildman–Crippen LogP) is 3.37. The number of carbonyl (C=O) groups excluding carboxylic acids is 1. The lowest BCUT2D eigenvalue weighted by Crippen LogP contribution is -2.54. The molecule has 1 unspecified atom stereocenters. The van der Waals surface area contributed by atoms with Gasteiger partial charge in [-0.2, -0.15) is 5.26 Å². The lowest BCUT2D eigenvalue weighted by Gasteiger charge is -2.40. The van der Waals surface area contributed by atoms with E-state index < -0.39 is 17.2 Å². The molecule has 0 aliphatic heterocycles. The zero-order chi connectivity index (χ0) is 13.8. The topological polar surface area (TPSA) is 62.1 Å². The van der Waals surface area contributed by atoms with Crippen LogP contribution >= 0.6 is 0 Å². The summed E-state index contributed by atoms with van der Waals surface area (Å²) >= 11 is 0. The van der Waals surface area contributed by atoms with Crippen molar-refractivity contribution in [3.63, 3.8) is 0 Å². The molecule has 0 aromatic rings. The maximum Gasteiger partial charge on any atom is 0.408 e. The molecule has 102 valence electrons. The summed E-state index contributed by atoms with van der Waals surface area (Å²) in [6.07, 6.45) is 4.60. The first-order chi connectivity index (χ1) is 8.29. The summed E-state index contributed by atoms with van der Waals surface area (Å²) in [6.45, 7) is 7.40. The van der Waals surface area contributed by atoms with Crippen molar-refractivity contribution < 1.29 is 9.53 Å². The number of alkyl carbamates (subject to hydrolysis) is 1. The zero-order valence-corrected chi connectivity index (χ0v) is 11.9. The van der Waals surface area contributed by atoms with Gasteiger partial charge in [-0.05, 0) is 40.5 Å². The fourth-order valence-electron chi connectivity index (χ4n) is 2.48. The van der Waals surface area contributed by atoms with Gasteiger partial charge in [-0.25, -0.2) is 4.79 Å². The number of nitrogens with zero attached hydrogens (tertiary/aromatic N) is 1. The molecule has 0 radical (unpaired) electrons. The van der Waals surface area contributed by atoms with Gasteiger partial charge in [0.15, 0.2) is 0 Å². The van der Waals surface area contributed by atoms with Crippen LogP contribution in [0.15, 0.2) is 0 Å². The van der Waals surface area contributed by atoms with Crippen LogP contribution in [0.5, 0.6) is 0 Å². The summed E-state index contributed by atoms with van der Waals surface area (Å²) in [7, 11) is 0. The molecule has 18 heavy (non-hydrogen) atoms. The minimum atomic E-state index is -0.504. The summed E-state index contributed by atoms with van der Waals surface area (Å²) in [5.74, 6) is -0.190. The van der Waals surface area contributed by atoms with Crippen LogP contribution in [0.3, 0.4) is 0 Å². The van der Waals surface area contributed by atoms with Crippen molar-refractivity contribution in [3.8, 4) is 6.07 Å². The van der Waals surface area contributed by atoms with Crippen LogP contribution in [0.2, 0.25) is 0 Å². The average Bonchev–Trinajstić information content (AvgIpc) is 2.26. The van der Waals surface area contributed by atoms with E-state index in [1.807, 2.05) is 27.7 Å². The van der Waals surface area contributed by atoms with Crippen molar-refractivity contribution in [2.24, 2.45) is 5.92 Å². The Balaban J connectivity index is 2.74. The lowest BCUT2D eigenvalue weighted by atomic mass is 9.74. The van der Waals surface area contributed by atoms with Crippen molar-refractivity contribution in [3.05, 3.63) is 0 Å². The summed E-state index contributed by atoms with van der Waals surface area (Å²) in [4.78, 5) is 11.9. The van der Waals surface area contributed by atoms with Crippen LogP contribution in [0, 0.1) is 17.2 Å². The smallest absolute Gasteiger partial charge is 0.408 e. The highest BCUT2D eigenvalue weighted by Gasteiger charge is 2.40. The van der Waals surface area contributed by atoms with Crippen LogP contribution in [0.4, 0.5) is 4.79 Å². The second kappa shape index (κ2) is 5.60. The van der Waals surface area contributed by atoms with Gasteiger partial charge in [-0.3, -0.25) is 0 Å². The Hall–Kier alpha value is -1.24. The van der Waals surface area contributed by atoms with Gasteiger partial charge in [0.05, 0.1) is 17.5 Å². The molecule has 1 atom stereocenters. The van der Waals surface area contributed by atoms with E-state index in [1.165, 1.54) is 6.42 Å². The van der Waals surface area contributed by atoms with Crippen LogP contribution in [-0.2, 0) is 4.74 Å². The molecule has 0 spiro atoms. The summed E-state index contributed by atoms with van der Waals surface area (Å²) in [5, 5.41) is 12.1. The molecule has 4 heteroatoms. The van der Waals surface area contributed by atoms with Gasteiger partial charge < -0.3 is 10.1 Å². The van der Waals surface area contributed by atoms with E-state index in [4.69, 9.17) is 10.00 Å². The number of nitrogens with one attached hydrogen (secondary N) is 1. The number of ether oxygens (including phenoxy) is 1. The van der Waals surface area contributed by atoms with Crippen molar-refractivity contribution in [2.45, 2.75) is 70.9 Å². The molecular formula is C14H24N2O2. The standard InChI is InChI=1S/C14H24N2O2/c1-11(10-15)14(8-6-5-7-9-14)16-12(17)18-13(2,3)4/h11H,5-9H2,1-4H3,(H,16,17).